The summed E-state index contributed by atoms with van der Waals surface area (Å²) in [4.78, 5) is 15.7. The lowest BCUT2D eigenvalue weighted by molar-refractivity contribution is -0.119. The Kier molecular flexibility index (Phi) is 8.44. The van der Waals surface area contributed by atoms with E-state index in [-0.39, 0.29) is 17.3 Å². The van der Waals surface area contributed by atoms with Crippen molar-refractivity contribution in [2.45, 2.75) is 51.1 Å². The summed E-state index contributed by atoms with van der Waals surface area (Å²) in [7, 11) is -3.92. The van der Waals surface area contributed by atoms with Gasteiger partial charge in [0.05, 0.1) is 10.6 Å². The second-order valence-corrected chi connectivity index (χ2v) is 11.4. The molecule has 0 atom stereocenters. The van der Waals surface area contributed by atoms with Crippen molar-refractivity contribution in [1.82, 2.24) is 10.2 Å². The van der Waals surface area contributed by atoms with Gasteiger partial charge in [0.15, 0.2) is 0 Å². The lowest BCUT2D eigenvalue weighted by Gasteiger charge is -2.27. The van der Waals surface area contributed by atoms with Crippen LogP contribution < -0.4 is 9.62 Å². The van der Waals surface area contributed by atoms with Gasteiger partial charge in [-0.05, 0) is 75.2 Å². The maximum Gasteiger partial charge on any atom is 0.264 e. The Bertz CT molecular complexity index is 1270. The molecule has 0 unspecified atom stereocenters. The van der Waals surface area contributed by atoms with Gasteiger partial charge in [0, 0.05) is 13.1 Å². The number of aryl methyl sites for hydroxylation is 2. The number of piperidine rings is 1. The Morgan fingerprint density at radius 1 is 0.833 bits per heavy atom. The first-order chi connectivity index (χ1) is 17.3. The van der Waals surface area contributed by atoms with E-state index in [4.69, 9.17) is 0 Å². The third-order valence-corrected chi connectivity index (χ3v) is 8.44. The van der Waals surface area contributed by atoms with Gasteiger partial charge < -0.3 is 5.32 Å². The number of benzene rings is 3. The Labute approximate surface area is 215 Å². The van der Waals surface area contributed by atoms with Gasteiger partial charge in [0.1, 0.15) is 6.54 Å². The summed E-state index contributed by atoms with van der Waals surface area (Å²) < 4.78 is 28.3. The minimum Gasteiger partial charge on any atom is -0.350 e. The van der Waals surface area contributed by atoms with Gasteiger partial charge in [-0.3, -0.25) is 14.0 Å². The molecule has 0 bridgehead atoms. The van der Waals surface area contributed by atoms with Crippen LogP contribution in [0.4, 0.5) is 5.69 Å². The highest BCUT2D eigenvalue weighted by Gasteiger charge is 2.27. The molecule has 0 spiro atoms. The molecular formula is C29H35N3O3S. The Hall–Kier alpha value is -3.16. The number of rotatable bonds is 9. The molecule has 3 aromatic carbocycles. The van der Waals surface area contributed by atoms with E-state index in [1.54, 1.807) is 36.4 Å². The molecule has 1 aliphatic heterocycles. The Morgan fingerprint density at radius 2 is 1.42 bits per heavy atom. The van der Waals surface area contributed by atoms with Crippen molar-refractivity contribution in [2.75, 3.05) is 23.9 Å². The fourth-order valence-corrected chi connectivity index (χ4v) is 5.91. The zero-order valence-electron chi connectivity index (χ0n) is 21.1. The topological polar surface area (TPSA) is 69.7 Å². The molecule has 1 saturated heterocycles. The third kappa shape index (κ3) is 6.53. The summed E-state index contributed by atoms with van der Waals surface area (Å²) in [5, 5.41) is 2.96. The molecule has 1 N–H and O–H groups in total. The van der Waals surface area contributed by atoms with Crippen LogP contribution in [-0.2, 0) is 27.9 Å². The highest BCUT2D eigenvalue weighted by atomic mass is 32.2. The normalized spacial score (nSPS) is 14.4. The van der Waals surface area contributed by atoms with Crippen LogP contribution in [0.25, 0.3) is 0 Å². The number of carbonyl (C=O) groups is 1. The first kappa shape index (κ1) is 25.9. The quantitative estimate of drug-likeness (QED) is 0.454. The molecule has 7 heteroatoms. The van der Waals surface area contributed by atoms with Gasteiger partial charge in [-0.1, -0.05) is 66.1 Å². The number of anilines is 1. The SMILES string of the molecule is Cc1ccc(N(CC(=O)NCc2ccccc2CN2CCCCC2)S(=O)(=O)c2ccc(C)cc2)cc1. The van der Waals surface area contributed by atoms with Crippen molar-refractivity contribution in [2.24, 2.45) is 0 Å². The smallest absolute Gasteiger partial charge is 0.264 e. The Balaban J connectivity index is 1.50. The van der Waals surface area contributed by atoms with Crippen LogP contribution >= 0.6 is 0 Å². The van der Waals surface area contributed by atoms with E-state index in [2.05, 4.69) is 16.3 Å². The van der Waals surface area contributed by atoms with Crippen LogP contribution in [0.15, 0.2) is 77.7 Å². The number of carbonyl (C=O) groups excluding carboxylic acids is 1. The standard InChI is InChI=1S/C29H35N3O3S/c1-23-10-14-27(15-11-23)32(36(34,35)28-16-12-24(2)13-17-28)22-29(33)30-20-25-8-4-5-9-26(25)21-31-18-6-3-7-19-31/h4-5,8-17H,3,6-7,18-22H2,1-2H3,(H,30,33). The predicted octanol–water partition coefficient (Wildman–Crippen LogP) is 4.80. The van der Waals surface area contributed by atoms with Gasteiger partial charge >= 0.3 is 0 Å². The number of amides is 1. The van der Waals surface area contributed by atoms with Gasteiger partial charge in [-0.25, -0.2) is 8.42 Å². The Morgan fingerprint density at radius 3 is 2.06 bits per heavy atom. The van der Waals surface area contributed by atoms with Crippen molar-refractivity contribution in [3.05, 3.63) is 95.1 Å². The van der Waals surface area contributed by atoms with Crippen molar-refractivity contribution in [3.8, 4) is 0 Å². The number of hydrogen-bond acceptors (Lipinski definition) is 4. The van der Waals surface area contributed by atoms with Crippen LogP contribution in [0, 0.1) is 13.8 Å². The van der Waals surface area contributed by atoms with E-state index in [1.807, 2.05) is 44.2 Å². The predicted molar refractivity (Wildman–Crippen MR) is 144 cm³/mol. The van der Waals surface area contributed by atoms with Crippen LogP contribution in [-0.4, -0.2) is 38.9 Å². The summed E-state index contributed by atoms with van der Waals surface area (Å²) in [5.41, 5.74) is 4.70. The van der Waals surface area contributed by atoms with E-state index in [1.165, 1.54) is 29.1 Å². The first-order valence-corrected chi connectivity index (χ1v) is 14.0. The van der Waals surface area contributed by atoms with Gasteiger partial charge in [0.2, 0.25) is 5.91 Å². The molecule has 6 nitrogen and oxygen atoms in total. The van der Waals surface area contributed by atoms with Crippen LogP contribution in [0.5, 0.6) is 0 Å². The highest BCUT2D eigenvalue weighted by Crippen LogP contribution is 2.24. The fourth-order valence-electron chi connectivity index (χ4n) is 4.49. The van der Waals surface area contributed by atoms with E-state index in [0.29, 0.717) is 12.2 Å². The molecule has 36 heavy (non-hydrogen) atoms. The molecular weight excluding hydrogens is 470 g/mol. The second kappa shape index (κ2) is 11.7. The zero-order valence-corrected chi connectivity index (χ0v) is 21.9. The molecule has 0 radical (unpaired) electrons. The molecule has 1 heterocycles. The van der Waals surface area contributed by atoms with Gasteiger partial charge in [-0.15, -0.1) is 0 Å². The molecule has 3 aromatic rings. The summed E-state index contributed by atoms with van der Waals surface area (Å²) in [5.74, 6) is -0.348. The molecule has 4 rings (SSSR count). The molecule has 0 aromatic heterocycles. The van der Waals surface area contributed by atoms with Crippen molar-refractivity contribution in [1.29, 1.82) is 0 Å². The monoisotopic (exact) mass is 505 g/mol. The largest absolute Gasteiger partial charge is 0.350 e. The molecule has 0 aliphatic carbocycles. The lowest BCUT2D eigenvalue weighted by Crippen LogP contribution is -2.40. The zero-order chi connectivity index (χ0) is 25.5. The summed E-state index contributed by atoms with van der Waals surface area (Å²) in [6.07, 6.45) is 3.74. The molecule has 190 valence electrons. The number of nitrogens with one attached hydrogen (secondary N) is 1. The molecule has 1 aliphatic rings. The highest BCUT2D eigenvalue weighted by molar-refractivity contribution is 7.92. The number of sulfonamides is 1. The van der Waals surface area contributed by atoms with Gasteiger partial charge in [-0.2, -0.15) is 0 Å². The van der Waals surface area contributed by atoms with Crippen LogP contribution in [0.2, 0.25) is 0 Å². The first-order valence-electron chi connectivity index (χ1n) is 12.5. The van der Waals surface area contributed by atoms with E-state index < -0.39 is 10.0 Å². The lowest BCUT2D eigenvalue weighted by atomic mass is 10.0. The minimum atomic E-state index is -3.92. The average Bonchev–Trinajstić information content (AvgIpc) is 2.88. The summed E-state index contributed by atoms with van der Waals surface area (Å²) in [6.45, 7) is 6.97. The van der Waals surface area contributed by atoms with Gasteiger partial charge in [0.25, 0.3) is 10.0 Å². The maximum atomic E-state index is 13.6. The van der Waals surface area contributed by atoms with E-state index in [0.717, 1.165) is 36.3 Å². The van der Waals surface area contributed by atoms with Crippen molar-refractivity contribution < 1.29 is 13.2 Å². The average molecular weight is 506 g/mol. The molecule has 1 amide bonds. The van der Waals surface area contributed by atoms with E-state index in [9.17, 15) is 13.2 Å². The summed E-state index contributed by atoms with van der Waals surface area (Å²) in [6, 6.07) is 22.0. The fraction of sp³-hybridized carbons (Fsp3) is 0.345. The molecule has 1 fully saturated rings. The van der Waals surface area contributed by atoms with Crippen molar-refractivity contribution >= 4 is 21.6 Å². The maximum absolute atomic E-state index is 13.6. The minimum absolute atomic E-state index is 0.161. The van der Waals surface area contributed by atoms with Crippen LogP contribution in [0.3, 0.4) is 0 Å². The number of hydrogen-bond donors (Lipinski definition) is 1. The summed E-state index contributed by atoms with van der Waals surface area (Å²) >= 11 is 0. The number of nitrogens with zero attached hydrogens (tertiary/aromatic N) is 2. The molecule has 0 saturated carbocycles. The second-order valence-electron chi connectivity index (χ2n) is 9.54. The van der Waals surface area contributed by atoms with Crippen molar-refractivity contribution in [3.63, 3.8) is 0 Å². The van der Waals surface area contributed by atoms with Crippen LogP contribution in [0.1, 0.15) is 41.5 Å². The number of likely N-dealkylation sites (tertiary alicyclic amines) is 1. The third-order valence-electron chi connectivity index (χ3n) is 6.66. The van der Waals surface area contributed by atoms with E-state index >= 15 is 0 Å².